The van der Waals surface area contributed by atoms with Gasteiger partial charge in [-0.3, -0.25) is 9.69 Å². The van der Waals surface area contributed by atoms with E-state index in [9.17, 15) is 9.90 Å². The summed E-state index contributed by atoms with van der Waals surface area (Å²) in [5.74, 6) is 0.180. The highest BCUT2D eigenvalue weighted by molar-refractivity contribution is 5.97. The summed E-state index contributed by atoms with van der Waals surface area (Å²) < 4.78 is 5.47. The van der Waals surface area contributed by atoms with Gasteiger partial charge in [0.1, 0.15) is 11.4 Å². The van der Waals surface area contributed by atoms with Crippen LogP contribution in [0.5, 0.6) is 0 Å². The Balaban J connectivity index is 1.59. The average Bonchev–Trinajstić information content (AvgIpc) is 2.80. The third-order valence-electron chi connectivity index (χ3n) is 4.49. The molecular formula is C16H25N5O3. The van der Waals surface area contributed by atoms with E-state index in [-0.39, 0.29) is 0 Å². The maximum Gasteiger partial charge on any atom is 0.252 e. The minimum absolute atomic E-state index is 0.353. The Morgan fingerprint density at radius 1 is 1.42 bits per heavy atom. The zero-order valence-corrected chi connectivity index (χ0v) is 13.8. The van der Waals surface area contributed by atoms with Crippen LogP contribution in [0.1, 0.15) is 10.4 Å². The number of hydrogen-bond acceptors (Lipinski definition) is 7. The molecule has 1 aromatic rings. The number of aromatic nitrogens is 1. The predicted octanol–water partition coefficient (Wildman–Crippen LogP) is -1.35. The molecule has 0 saturated carbocycles. The Labute approximate surface area is 141 Å². The van der Waals surface area contributed by atoms with Crippen molar-refractivity contribution >= 4 is 11.7 Å². The first kappa shape index (κ1) is 17.1. The summed E-state index contributed by atoms with van der Waals surface area (Å²) in [7, 11) is 0. The molecule has 0 spiro atoms. The molecule has 0 bridgehead atoms. The summed E-state index contributed by atoms with van der Waals surface area (Å²) in [6.07, 6.45) is 1.67. The molecule has 1 amide bonds. The van der Waals surface area contributed by atoms with Gasteiger partial charge in [-0.2, -0.15) is 0 Å². The lowest BCUT2D eigenvalue weighted by Gasteiger charge is -2.39. The van der Waals surface area contributed by atoms with E-state index < -0.39 is 11.5 Å². The van der Waals surface area contributed by atoms with E-state index in [2.05, 4.69) is 20.1 Å². The monoisotopic (exact) mass is 335 g/mol. The largest absolute Gasteiger partial charge is 0.385 e. The molecule has 2 saturated heterocycles. The summed E-state index contributed by atoms with van der Waals surface area (Å²) >= 11 is 0. The molecule has 2 aliphatic rings. The van der Waals surface area contributed by atoms with Crippen LogP contribution < -0.4 is 16.0 Å². The number of ether oxygens (including phenoxy) is 1. The fraction of sp³-hybridized carbons (Fsp3) is 0.625. The average molecular weight is 335 g/mol. The number of piperazine rings is 1. The first-order chi connectivity index (χ1) is 11.6. The summed E-state index contributed by atoms with van der Waals surface area (Å²) in [5.41, 5.74) is 5.03. The fourth-order valence-electron chi connectivity index (χ4n) is 3.26. The minimum Gasteiger partial charge on any atom is -0.385 e. The van der Waals surface area contributed by atoms with Crippen molar-refractivity contribution in [3.63, 3.8) is 0 Å². The van der Waals surface area contributed by atoms with E-state index in [1.165, 1.54) is 0 Å². The summed E-state index contributed by atoms with van der Waals surface area (Å²) in [6, 6.07) is 3.42. The Hall–Kier alpha value is -1.74. The van der Waals surface area contributed by atoms with Crippen molar-refractivity contribution in [1.29, 1.82) is 0 Å². The smallest absolute Gasteiger partial charge is 0.252 e. The fourth-order valence-corrected chi connectivity index (χ4v) is 3.26. The molecule has 0 aliphatic carbocycles. The van der Waals surface area contributed by atoms with Gasteiger partial charge < -0.3 is 25.8 Å². The van der Waals surface area contributed by atoms with Crippen LogP contribution in [0.4, 0.5) is 5.82 Å². The molecule has 132 valence electrons. The number of hydrogen-bond donors (Lipinski definition) is 3. The van der Waals surface area contributed by atoms with Crippen LogP contribution in [0.25, 0.3) is 0 Å². The normalized spacial score (nSPS) is 26.1. The number of carbonyl (C=O) groups excluding carboxylic acids is 1. The van der Waals surface area contributed by atoms with Gasteiger partial charge in [-0.05, 0) is 12.1 Å². The summed E-state index contributed by atoms with van der Waals surface area (Å²) in [5, 5.41) is 13.9. The number of nitrogens with two attached hydrogens (primary N) is 1. The number of rotatable bonds is 4. The van der Waals surface area contributed by atoms with Gasteiger partial charge >= 0.3 is 0 Å². The molecule has 0 radical (unpaired) electrons. The van der Waals surface area contributed by atoms with Gasteiger partial charge in [0.2, 0.25) is 0 Å². The van der Waals surface area contributed by atoms with Gasteiger partial charge in [0.25, 0.3) is 5.91 Å². The van der Waals surface area contributed by atoms with Crippen LogP contribution in [-0.4, -0.2) is 85.5 Å². The van der Waals surface area contributed by atoms with E-state index in [0.29, 0.717) is 37.7 Å². The van der Waals surface area contributed by atoms with Crippen LogP contribution in [-0.2, 0) is 4.74 Å². The highest BCUT2D eigenvalue weighted by Crippen LogP contribution is 2.19. The standard InChI is InChI=1S/C16H25N5O3/c17-14(22)13-2-1-3-19-15(13)21-7-5-20(6-8-21)11-16(23)10-18-4-9-24-12-16/h1-3,18,23H,4-12H2,(H2,17,22). The Morgan fingerprint density at radius 2 is 2.21 bits per heavy atom. The number of primary amides is 1. The van der Waals surface area contributed by atoms with Crippen LogP contribution in [0.15, 0.2) is 18.3 Å². The molecule has 3 rings (SSSR count). The van der Waals surface area contributed by atoms with Crippen molar-refractivity contribution in [1.82, 2.24) is 15.2 Å². The molecule has 3 heterocycles. The van der Waals surface area contributed by atoms with E-state index in [1.54, 1.807) is 18.3 Å². The Bertz CT molecular complexity index is 567. The van der Waals surface area contributed by atoms with E-state index in [1.807, 2.05) is 0 Å². The molecule has 8 heteroatoms. The maximum absolute atomic E-state index is 11.6. The van der Waals surface area contributed by atoms with Crippen molar-refractivity contribution < 1.29 is 14.6 Å². The molecule has 8 nitrogen and oxygen atoms in total. The van der Waals surface area contributed by atoms with Gasteiger partial charge in [0, 0.05) is 52.0 Å². The SMILES string of the molecule is NC(=O)c1cccnc1N1CCN(CC2(O)CNCCOC2)CC1. The second kappa shape index (κ2) is 7.43. The first-order valence-corrected chi connectivity index (χ1v) is 8.30. The van der Waals surface area contributed by atoms with Crippen LogP contribution in [0, 0.1) is 0 Å². The molecule has 2 aliphatic heterocycles. The Kier molecular flexibility index (Phi) is 5.30. The van der Waals surface area contributed by atoms with Crippen molar-refractivity contribution in [2.45, 2.75) is 5.60 Å². The summed E-state index contributed by atoms with van der Waals surface area (Å²) in [6.45, 7) is 5.92. The number of nitrogens with zero attached hydrogens (tertiary/aromatic N) is 3. The van der Waals surface area contributed by atoms with Gasteiger partial charge in [0.05, 0.1) is 18.8 Å². The third-order valence-corrected chi connectivity index (χ3v) is 4.49. The van der Waals surface area contributed by atoms with Gasteiger partial charge in [-0.1, -0.05) is 0 Å². The maximum atomic E-state index is 11.6. The van der Waals surface area contributed by atoms with E-state index in [0.717, 1.165) is 32.7 Å². The lowest BCUT2D eigenvalue weighted by molar-refractivity contribution is -0.0495. The Morgan fingerprint density at radius 3 is 2.96 bits per heavy atom. The zero-order valence-electron chi connectivity index (χ0n) is 13.8. The zero-order chi connectivity index (χ0) is 17.0. The molecule has 0 aromatic carbocycles. The molecule has 1 unspecified atom stereocenters. The number of β-amino-alcohol motifs (C(OH)–C–C–N with tert-alkyl or cyclic N) is 1. The molecule has 4 N–H and O–H groups in total. The number of anilines is 1. The molecule has 1 aromatic heterocycles. The predicted molar refractivity (Wildman–Crippen MR) is 90.0 cm³/mol. The first-order valence-electron chi connectivity index (χ1n) is 8.30. The quantitative estimate of drug-likeness (QED) is 0.625. The number of pyridine rings is 1. The molecular weight excluding hydrogens is 310 g/mol. The number of aliphatic hydroxyl groups is 1. The van der Waals surface area contributed by atoms with Crippen molar-refractivity contribution in [3.05, 3.63) is 23.9 Å². The van der Waals surface area contributed by atoms with E-state index >= 15 is 0 Å². The third kappa shape index (κ3) is 4.02. The minimum atomic E-state index is -0.859. The van der Waals surface area contributed by atoms with Crippen molar-refractivity contribution in [2.24, 2.45) is 5.73 Å². The second-order valence-corrected chi connectivity index (χ2v) is 6.46. The second-order valence-electron chi connectivity index (χ2n) is 6.46. The number of nitrogens with one attached hydrogen (secondary N) is 1. The van der Waals surface area contributed by atoms with Crippen molar-refractivity contribution in [2.75, 3.05) is 63.9 Å². The highest BCUT2D eigenvalue weighted by atomic mass is 16.5. The molecule has 24 heavy (non-hydrogen) atoms. The number of amides is 1. The summed E-state index contributed by atoms with van der Waals surface area (Å²) in [4.78, 5) is 20.2. The lowest BCUT2D eigenvalue weighted by Crippen LogP contribution is -2.56. The van der Waals surface area contributed by atoms with E-state index in [4.69, 9.17) is 10.5 Å². The molecule has 1 atom stereocenters. The van der Waals surface area contributed by atoms with Crippen LogP contribution >= 0.6 is 0 Å². The van der Waals surface area contributed by atoms with Crippen LogP contribution in [0.2, 0.25) is 0 Å². The van der Waals surface area contributed by atoms with Crippen molar-refractivity contribution in [3.8, 4) is 0 Å². The van der Waals surface area contributed by atoms with Gasteiger partial charge in [0.15, 0.2) is 0 Å². The van der Waals surface area contributed by atoms with Gasteiger partial charge in [-0.25, -0.2) is 4.98 Å². The number of carbonyl (C=O) groups is 1. The lowest BCUT2D eigenvalue weighted by atomic mass is 10.0. The topological polar surface area (TPSA) is 104 Å². The van der Waals surface area contributed by atoms with Crippen LogP contribution in [0.3, 0.4) is 0 Å². The highest BCUT2D eigenvalue weighted by Gasteiger charge is 2.33. The molecule has 2 fully saturated rings. The van der Waals surface area contributed by atoms with Gasteiger partial charge in [-0.15, -0.1) is 0 Å².